The second kappa shape index (κ2) is 8.00. The molecule has 0 bridgehead atoms. The van der Waals surface area contributed by atoms with Gasteiger partial charge in [-0.05, 0) is 37.8 Å². The highest BCUT2D eigenvalue weighted by Crippen LogP contribution is 2.41. The van der Waals surface area contributed by atoms with Crippen LogP contribution < -0.4 is 10.6 Å². The molecule has 1 unspecified atom stereocenters. The van der Waals surface area contributed by atoms with Crippen molar-refractivity contribution in [1.29, 1.82) is 0 Å². The first-order chi connectivity index (χ1) is 12.1. The van der Waals surface area contributed by atoms with Gasteiger partial charge in [0.2, 0.25) is 11.8 Å². The predicted molar refractivity (Wildman–Crippen MR) is 97.5 cm³/mol. The van der Waals surface area contributed by atoms with Gasteiger partial charge in [0, 0.05) is 37.8 Å². The van der Waals surface area contributed by atoms with Crippen molar-refractivity contribution in [2.24, 2.45) is 5.41 Å². The van der Waals surface area contributed by atoms with Gasteiger partial charge in [0.1, 0.15) is 0 Å². The van der Waals surface area contributed by atoms with Crippen molar-refractivity contribution in [3.63, 3.8) is 0 Å². The zero-order valence-electron chi connectivity index (χ0n) is 15.0. The zero-order chi connectivity index (χ0) is 17.7. The van der Waals surface area contributed by atoms with Gasteiger partial charge in [-0.15, -0.1) is 0 Å². The van der Waals surface area contributed by atoms with Crippen LogP contribution in [-0.2, 0) is 14.3 Å². The molecule has 2 N–H and O–H groups in total. The second-order valence-corrected chi connectivity index (χ2v) is 7.18. The molecule has 1 fully saturated rings. The highest BCUT2D eigenvalue weighted by Gasteiger charge is 2.41. The topological polar surface area (TPSA) is 67.4 Å². The minimum atomic E-state index is -0.286. The second-order valence-electron chi connectivity index (χ2n) is 7.18. The molecular formula is C20H28N2O3. The molecule has 3 rings (SSSR count). The summed E-state index contributed by atoms with van der Waals surface area (Å²) in [5.41, 5.74) is 1.69. The normalized spacial score (nSPS) is 21.5. The Hall–Kier alpha value is -1.88. The molecule has 5 nitrogen and oxygen atoms in total. The number of benzene rings is 1. The van der Waals surface area contributed by atoms with Crippen LogP contribution in [0.15, 0.2) is 24.3 Å². The molecule has 0 aromatic heterocycles. The van der Waals surface area contributed by atoms with Crippen LogP contribution in [0.2, 0.25) is 0 Å². The Labute approximate surface area is 149 Å². The molecule has 0 spiro atoms. The fourth-order valence-electron chi connectivity index (χ4n) is 4.14. The zero-order valence-corrected chi connectivity index (χ0v) is 15.0. The molecule has 1 heterocycles. The highest BCUT2D eigenvalue weighted by molar-refractivity contribution is 5.94. The Morgan fingerprint density at radius 2 is 2.08 bits per heavy atom. The molecule has 1 atom stereocenters. The minimum Gasteiger partial charge on any atom is -0.382 e. The van der Waals surface area contributed by atoms with Crippen molar-refractivity contribution in [1.82, 2.24) is 5.32 Å². The molecular weight excluding hydrogens is 316 g/mol. The Balaban J connectivity index is 1.64. The first-order valence-corrected chi connectivity index (χ1v) is 9.39. The maximum Gasteiger partial charge on any atom is 0.226 e. The molecule has 25 heavy (non-hydrogen) atoms. The number of fused-ring (bicyclic) bond motifs is 1. The summed E-state index contributed by atoms with van der Waals surface area (Å²) in [5, 5.41) is 6.06. The van der Waals surface area contributed by atoms with Gasteiger partial charge in [-0.2, -0.15) is 0 Å². The number of hydrogen-bond acceptors (Lipinski definition) is 3. The largest absolute Gasteiger partial charge is 0.382 e. The number of rotatable bonds is 7. The van der Waals surface area contributed by atoms with Gasteiger partial charge < -0.3 is 15.4 Å². The van der Waals surface area contributed by atoms with Crippen molar-refractivity contribution in [3.8, 4) is 0 Å². The standard InChI is InChI=1S/C20H28N2O3/c1-2-25-12-11-20(9-5-6-10-20)19(24)21-14-15-13-18(23)22-17-8-4-3-7-16(15)17/h3-4,7-8,15H,2,5-6,9-14H2,1H3,(H,21,24)(H,22,23). The summed E-state index contributed by atoms with van der Waals surface area (Å²) in [6.07, 6.45) is 5.29. The Morgan fingerprint density at radius 3 is 2.84 bits per heavy atom. The lowest BCUT2D eigenvalue weighted by Crippen LogP contribution is -2.42. The molecule has 2 aliphatic rings. The van der Waals surface area contributed by atoms with E-state index in [2.05, 4.69) is 10.6 Å². The summed E-state index contributed by atoms with van der Waals surface area (Å²) in [6, 6.07) is 7.85. The average Bonchev–Trinajstić information content (AvgIpc) is 3.09. The van der Waals surface area contributed by atoms with Crippen LogP contribution in [-0.4, -0.2) is 31.6 Å². The van der Waals surface area contributed by atoms with Gasteiger partial charge in [-0.3, -0.25) is 9.59 Å². The molecule has 5 heteroatoms. The molecule has 1 aromatic carbocycles. The van der Waals surface area contributed by atoms with Gasteiger partial charge in [-0.25, -0.2) is 0 Å². The number of carbonyl (C=O) groups excluding carboxylic acids is 2. The van der Waals surface area contributed by atoms with E-state index in [1.165, 1.54) is 0 Å². The number of amides is 2. The van der Waals surface area contributed by atoms with E-state index < -0.39 is 0 Å². The molecule has 1 aliphatic heterocycles. The molecule has 1 aliphatic carbocycles. The van der Waals surface area contributed by atoms with Crippen LogP contribution in [0.5, 0.6) is 0 Å². The third-order valence-electron chi connectivity index (χ3n) is 5.59. The van der Waals surface area contributed by atoms with E-state index >= 15 is 0 Å². The van der Waals surface area contributed by atoms with Crippen molar-refractivity contribution in [2.75, 3.05) is 25.1 Å². The smallest absolute Gasteiger partial charge is 0.226 e. The van der Waals surface area contributed by atoms with E-state index in [9.17, 15) is 9.59 Å². The van der Waals surface area contributed by atoms with Gasteiger partial charge >= 0.3 is 0 Å². The third-order valence-corrected chi connectivity index (χ3v) is 5.59. The summed E-state index contributed by atoms with van der Waals surface area (Å²) in [5.74, 6) is 0.192. The van der Waals surface area contributed by atoms with E-state index in [0.717, 1.165) is 43.4 Å². The molecule has 1 aromatic rings. The monoisotopic (exact) mass is 344 g/mol. The van der Waals surface area contributed by atoms with E-state index in [0.29, 0.717) is 26.2 Å². The number of ether oxygens (including phenoxy) is 1. The van der Waals surface area contributed by atoms with Crippen LogP contribution in [0, 0.1) is 5.41 Å². The Kier molecular flexibility index (Phi) is 5.74. The summed E-state index contributed by atoms with van der Waals surface area (Å²) in [7, 11) is 0. The minimum absolute atomic E-state index is 0.0184. The number of anilines is 1. The Morgan fingerprint density at radius 1 is 1.32 bits per heavy atom. The highest BCUT2D eigenvalue weighted by atomic mass is 16.5. The summed E-state index contributed by atoms with van der Waals surface area (Å²) < 4.78 is 5.49. The third kappa shape index (κ3) is 4.03. The number of para-hydroxylation sites is 1. The fraction of sp³-hybridized carbons (Fsp3) is 0.600. The summed E-state index contributed by atoms with van der Waals surface area (Å²) >= 11 is 0. The van der Waals surface area contributed by atoms with Crippen molar-refractivity contribution in [2.45, 2.75) is 51.4 Å². The SMILES string of the molecule is CCOCCC1(C(=O)NCC2CC(=O)Nc3ccccc32)CCCC1. The number of hydrogen-bond donors (Lipinski definition) is 2. The molecule has 0 radical (unpaired) electrons. The van der Waals surface area contributed by atoms with E-state index in [1.54, 1.807) is 0 Å². The van der Waals surface area contributed by atoms with Crippen LogP contribution in [0.3, 0.4) is 0 Å². The number of nitrogens with one attached hydrogen (secondary N) is 2. The predicted octanol–water partition coefficient (Wildman–Crippen LogP) is 3.22. The summed E-state index contributed by atoms with van der Waals surface area (Å²) in [6.45, 7) is 3.82. The molecule has 136 valence electrons. The van der Waals surface area contributed by atoms with Gasteiger partial charge in [0.25, 0.3) is 0 Å². The lowest BCUT2D eigenvalue weighted by atomic mass is 9.81. The van der Waals surface area contributed by atoms with Gasteiger partial charge in [-0.1, -0.05) is 31.0 Å². The lowest BCUT2D eigenvalue weighted by molar-refractivity contribution is -0.132. The molecule has 0 saturated heterocycles. The fourth-order valence-corrected chi connectivity index (χ4v) is 4.14. The summed E-state index contributed by atoms with van der Waals surface area (Å²) in [4.78, 5) is 24.9. The van der Waals surface area contributed by atoms with Crippen LogP contribution in [0.25, 0.3) is 0 Å². The maximum atomic E-state index is 12.9. The quantitative estimate of drug-likeness (QED) is 0.746. The van der Waals surface area contributed by atoms with Gasteiger partial charge in [0.15, 0.2) is 0 Å². The molecule has 1 saturated carbocycles. The van der Waals surface area contributed by atoms with E-state index in [4.69, 9.17) is 4.74 Å². The number of carbonyl (C=O) groups is 2. The first-order valence-electron chi connectivity index (χ1n) is 9.39. The Bertz CT molecular complexity index is 623. The van der Waals surface area contributed by atoms with Crippen molar-refractivity contribution >= 4 is 17.5 Å². The van der Waals surface area contributed by atoms with Crippen LogP contribution in [0.1, 0.15) is 56.9 Å². The van der Waals surface area contributed by atoms with E-state index in [-0.39, 0.29) is 23.1 Å². The van der Waals surface area contributed by atoms with Crippen molar-refractivity contribution in [3.05, 3.63) is 29.8 Å². The van der Waals surface area contributed by atoms with Crippen LogP contribution in [0.4, 0.5) is 5.69 Å². The molecule has 2 amide bonds. The average molecular weight is 344 g/mol. The van der Waals surface area contributed by atoms with Crippen LogP contribution >= 0.6 is 0 Å². The van der Waals surface area contributed by atoms with E-state index in [1.807, 2.05) is 31.2 Å². The lowest BCUT2D eigenvalue weighted by Gasteiger charge is -2.30. The van der Waals surface area contributed by atoms with Gasteiger partial charge in [0.05, 0.1) is 5.41 Å². The first kappa shape index (κ1) is 17.9. The maximum absolute atomic E-state index is 12.9. The van der Waals surface area contributed by atoms with Crippen molar-refractivity contribution < 1.29 is 14.3 Å².